The molecular formula is C22H23N3O3. The van der Waals surface area contributed by atoms with E-state index in [4.69, 9.17) is 14.5 Å². The number of aryl methyl sites for hydroxylation is 1. The van der Waals surface area contributed by atoms with Crippen LogP contribution in [0.1, 0.15) is 24.1 Å². The lowest BCUT2D eigenvalue weighted by Gasteiger charge is -2.30. The number of anilines is 1. The summed E-state index contributed by atoms with van der Waals surface area (Å²) in [5, 5.41) is 3.28. The Bertz CT molecular complexity index is 1050. The van der Waals surface area contributed by atoms with Crippen molar-refractivity contribution in [2.24, 2.45) is 0 Å². The van der Waals surface area contributed by atoms with Crippen molar-refractivity contribution in [3.8, 4) is 0 Å². The van der Waals surface area contributed by atoms with Crippen molar-refractivity contribution < 1.29 is 14.3 Å². The second kappa shape index (κ2) is 7.48. The molecule has 0 saturated carbocycles. The molecule has 1 aliphatic heterocycles. The van der Waals surface area contributed by atoms with E-state index in [1.165, 1.54) is 5.56 Å². The lowest BCUT2D eigenvalue weighted by atomic mass is 9.94. The molecule has 144 valence electrons. The molecule has 0 radical (unpaired) electrons. The van der Waals surface area contributed by atoms with Gasteiger partial charge in [-0.05, 0) is 31.5 Å². The van der Waals surface area contributed by atoms with Gasteiger partial charge in [0.05, 0.1) is 29.3 Å². The Kier molecular flexibility index (Phi) is 4.88. The Hall–Kier alpha value is -3.12. The van der Waals surface area contributed by atoms with Crippen LogP contribution in [0.15, 0.2) is 59.8 Å². The van der Waals surface area contributed by atoms with E-state index in [2.05, 4.69) is 34.1 Å². The van der Waals surface area contributed by atoms with Gasteiger partial charge in [-0.15, -0.1) is 0 Å². The quantitative estimate of drug-likeness (QED) is 0.541. The molecule has 4 rings (SSSR count). The number of para-hydroxylation sites is 2. The smallest absolute Gasteiger partial charge is 0.338 e. The van der Waals surface area contributed by atoms with Gasteiger partial charge in [-0.1, -0.05) is 42.0 Å². The topological polar surface area (TPSA) is 65.4 Å². The minimum Gasteiger partial charge on any atom is -0.460 e. The molecule has 6 heteroatoms. The normalized spacial score (nSPS) is 16.0. The van der Waals surface area contributed by atoms with Gasteiger partial charge in [0.25, 0.3) is 0 Å². The summed E-state index contributed by atoms with van der Waals surface area (Å²) >= 11 is 0. The molecule has 0 aliphatic carbocycles. The number of nitrogens with zero attached hydrogens (tertiary/aromatic N) is 2. The number of nitrogens with one attached hydrogen (secondary N) is 1. The molecule has 0 spiro atoms. The molecule has 0 unspecified atom stereocenters. The third kappa shape index (κ3) is 3.16. The van der Waals surface area contributed by atoms with Crippen LogP contribution in [0.2, 0.25) is 0 Å². The molecule has 6 nitrogen and oxygen atoms in total. The number of imidazole rings is 1. The van der Waals surface area contributed by atoms with Crippen LogP contribution in [-0.4, -0.2) is 35.8 Å². The Morgan fingerprint density at radius 3 is 2.61 bits per heavy atom. The van der Waals surface area contributed by atoms with Gasteiger partial charge in [0, 0.05) is 12.8 Å². The predicted octanol–water partition coefficient (Wildman–Crippen LogP) is 3.82. The van der Waals surface area contributed by atoms with Crippen LogP contribution < -0.4 is 5.32 Å². The van der Waals surface area contributed by atoms with Crippen LogP contribution in [0, 0.1) is 6.92 Å². The number of allylic oxidation sites excluding steroid dienone is 1. The van der Waals surface area contributed by atoms with Gasteiger partial charge in [-0.3, -0.25) is 4.57 Å². The summed E-state index contributed by atoms with van der Waals surface area (Å²) < 4.78 is 12.6. The summed E-state index contributed by atoms with van der Waals surface area (Å²) in [6, 6.07) is 15.8. The van der Waals surface area contributed by atoms with Crippen LogP contribution in [-0.2, 0) is 14.3 Å². The number of carbonyl (C=O) groups is 1. The number of methoxy groups -OCH3 is 1. The molecule has 1 N–H and O–H groups in total. The molecular weight excluding hydrogens is 354 g/mol. The Labute approximate surface area is 163 Å². The average molecular weight is 377 g/mol. The standard InChI is InChI=1S/C22H23N3O3/c1-14-8-10-16(11-9-14)20-19(21(26)28-13-12-27-3)15(2)23-22-24-17-6-4-5-7-18(17)25(20)22/h4-11,20H,12-13H2,1-3H3,(H,23,24)/t20-/m1/s1. The highest BCUT2D eigenvalue weighted by Crippen LogP contribution is 2.39. The molecule has 0 saturated heterocycles. The second-order valence-electron chi connectivity index (χ2n) is 6.90. The fraction of sp³-hybridized carbons (Fsp3) is 0.273. The number of hydrogen-bond donors (Lipinski definition) is 1. The van der Waals surface area contributed by atoms with E-state index in [1.54, 1.807) is 7.11 Å². The molecule has 0 amide bonds. The molecule has 0 fully saturated rings. The minimum absolute atomic E-state index is 0.213. The van der Waals surface area contributed by atoms with E-state index in [0.717, 1.165) is 28.2 Å². The van der Waals surface area contributed by atoms with Crippen LogP contribution in [0.4, 0.5) is 5.95 Å². The Balaban J connectivity index is 1.86. The number of hydrogen-bond acceptors (Lipinski definition) is 5. The largest absolute Gasteiger partial charge is 0.460 e. The van der Waals surface area contributed by atoms with Crippen LogP contribution in [0.25, 0.3) is 11.0 Å². The molecule has 1 aromatic heterocycles. The van der Waals surface area contributed by atoms with Crippen molar-refractivity contribution in [1.29, 1.82) is 0 Å². The lowest BCUT2D eigenvalue weighted by molar-refractivity contribution is -0.140. The minimum atomic E-state index is -0.351. The van der Waals surface area contributed by atoms with E-state index in [9.17, 15) is 4.79 Å². The monoisotopic (exact) mass is 377 g/mol. The maximum Gasteiger partial charge on any atom is 0.338 e. The number of aromatic nitrogens is 2. The van der Waals surface area contributed by atoms with Gasteiger partial charge >= 0.3 is 5.97 Å². The summed E-state index contributed by atoms with van der Waals surface area (Å²) in [6.07, 6.45) is 0. The van der Waals surface area contributed by atoms with E-state index < -0.39 is 0 Å². The zero-order valence-electron chi connectivity index (χ0n) is 16.2. The second-order valence-corrected chi connectivity index (χ2v) is 6.90. The van der Waals surface area contributed by atoms with Crippen molar-refractivity contribution in [2.75, 3.05) is 25.6 Å². The van der Waals surface area contributed by atoms with Gasteiger partial charge in [0.2, 0.25) is 5.95 Å². The number of ether oxygens (including phenoxy) is 2. The third-order valence-corrected chi connectivity index (χ3v) is 4.96. The zero-order chi connectivity index (χ0) is 19.7. The molecule has 28 heavy (non-hydrogen) atoms. The first-order valence-electron chi connectivity index (χ1n) is 9.27. The van der Waals surface area contributed by atoms with Crippen LogP contribution in [0.5, 0.6) is 0 Å². The van der Waals surface area contributed by atoms with Gasteiger partial charge in [0.1, 0.15) is 6.61 Å². The van der Waals surface area contributed by atoms with Crippen molar-refractivity contribution in [3.63, 3.8) is 0 Å². The maximum absolute atomic E-state index is 13.0. The van der Waals surface area contributed by atoms with Crippen molar-refractivity contribution in [2.45, 2.75) is 19.9 Å². The lowest BCUT2D eigenvalue weighted by Crippen LogP contribution is -2.29. The number of carbonyl (C=O) groups excluding carboxylic acids is 1. The number of rotatable bonds is 5. The Morgan fingerprint density at radius 2 is 1.86 bits per heavy atom. The molecule has 1 aliphatic rings. The van der Waals surface area contributed by atoms with Gasteiger partial charge in [-0.2, -0.15) is 0 Å². The maximum atomic E-state index is 13.0. The van der Waals surface area contributed by atoms with Gasteiger partial charge in [-0.25, -0.2) is 9.78 Å². The first-order valence-corrected chi connectivity index (χ1v) is 9.27. The highest BCUT2D eigenvalue weighted by Gasteiger charge is 2.34. The van der Waals surface area contributed by atoms with Crippen molar-refractivity contribution >= 4 is 23.0 Å². The third-order valence-electron chi connectivity index (χ3n) is 4.96. The number of benzene rings is 2. The fourth-order valence-corrected chi connectivity index (χ4v) is 3.59. The molecule has 2 heterocycles. The highest BCUT2D eigenvalue weighted by atomic mass is 16.6. The zero-order valence-corrected chi connectivity index (χ0v) is 16.2. The fourth-order valence-electron chi connectivity index (χ4n) is 3.59. The molecule has 3 aromatic rings. The molecule has 1 atom stereocenters. The first-order chi connectivity index (χ1) is 13.6. The number of esters is 1. The van der Waals surface area contributed by atoms with E-state index in [1.807, 2.05) is 38.1 Å². The SMILES string of the molecule is COCCOC(=O)C1=C(C)Nc2nc3ccccc3n2[C@@H]1c1ccc(C)cc1. The summed E-state index contributed by atoms with van der Waals surface area (Å²) in [5.41, 5.74) is 5.34. The van der Waals surface area contributed by atoms with Crippen molar-refractivity contribution in [3.05, 3.63) is 70.9 Å². The van der Waals surface area contributed by atoms with E-state index in [0.29, 0.717) is 12.2 Å². The summed E-state index contributed by atoms with van der Waals surface area (Å²) in [7, 11) is 1.58. The van der Waals surface area contributed by atoms with Crippen molar-refractivity contribution in [1.82, 2.24) is 9.55 Å². The van der Waals surface area contributed by atoms with E-state index >= 15 is 0 Å². The summed E-state index contributed by atoms with van der Waals surface area (Å²) in [4.78, 5) is 17.7. The highest BCUT2D eigenvalue weighted by molar-refractivity contribution is 5.94. The predicted molar refractivity (Wildman–Crippen MR) is 108 cm³/mol. The Morgan fingerprint density at radius 1 is 1.11 bits per heavy atom. The molecule has 0 bridgehead atoms. The van der Waals surface area contributed by atoms with Crippen LogP contribution >= 0.6 is 0 Å². The van der Waals surface area contributed by atoms with Crippen LogP contribution in [0.3, 0.4) is 0 Å². The van der Waals surface area contributed by atoms with Gasteiger partial charge < -0.3 is 14.8 Å². The average Bonchev–Trinajstić information content (AvgIpc) is 3.05. The summed E-state index contributed by atoms with van der Waals surface area (Å²) in [5.74, 6) is 0.369. The van der Waals surface area contributed by atoms with Gasteiger partial charge in [0.15, 0.2) is 0 Å². The first kappa shape index (κ1) is 18.3. The molecule has 2 aromatic carbocycles. The number of fused-ring (bicyclic) bond motifs is 3. The van der Waals surface area contributed by atoms with E-state index in [-0.39, 0.29) is 18.6 Å². The summed E-state index contributed by atoms with van der Waals surface area (Å²) in [6.45, 7) is 4.51.